The van der Waals surface area contributed by atoms with Gasteiger partial charge in [0.1, 0.15) is 6.04 Å². The van der Waals surface area contributed by atoms with Crippen LogP contribution in [0.1, 0.15) is 24.3 Å². The summed E-state index contributed by atoms with van der Waals surface area (Å²) >= 11 is 0. The Kier molecular flexibility index (Phi) is 5.16. The van der Waals surface area contributed by atoms with Crippen molar-refractivity contribution in [2.45, 2.75) is 19.9 Å². The molecule has 0 aliphatic carbocycles. The Morgan fingerprint density at radius 3 is 2.26 bits per heavy atom. The molecule has 8 nitrogen and oxygen atoms in total. The first-order chi connectivity index (χ1) is 12.9. The SMILES string of the molecule is CC(=O)Nc1ccc(NC(=O)C(C)NC(=O)c2n[nH]c3ccccc23)cc1. The number of aromatic amines is 1. The average molecular weight is 365 g/mol. The smallest absolute Gasteiger partial charge is 0.273 e. The highest BCUT2D eigenvalue weighted by atomic mass is 16.2. The summed E-state index contributed by atoms with van der Waals surface area (Å²) in [4.78, 5) is 35.8. The Balaban J connectivity index is 1.62. The van der Waals surface area contributed by atoms with Gasteiger partial charge in [0.15, 0.2) is 5.69 Å². The number of nitrogens with one attached hydrogen (secondary N) is 4. The standard InChI is InChI=1S/C19H19N5O3/c1-11(18(26)22-14-9-7-13(8-10-14)21-12(2)25)20-19(27)17-15-5-3-4-6-16(15)23-24-17/h3-11H,1-2H3,(H,20,27)(H,21,25)(H,22,26)(H,23,24). The zero-order valence-corrected chi connectivity index (χ0v) is 14.9. The predicted octanol–water partition coefficient (Wildman–Crippen LogP) is 2.28. The molecule has 0 bridgehead atoms. The van der Waals surface area contributed by atoms with E-state index in [2.05, 4.69) is 26.1 Å². The summed E-state index contributed by atoms with van der Waals surface area (Å²) in [7, 11) is 0. The molecule has 0 spiro atoms. The summed E-state index contributed by atoms with van der Waals surface area (Å²) in [6, 6.07) is 13.2. The van der Waals surface area contributed by atoms with Crippen LogP contribution in [0.15, 0.2) is 48.5 Å². The number of benzene rings is 2. The molecule has 0 aliphatic heterocycles. The van der Waals surface area contributed by atoms with E-state index in [0.29, 0.717) is 16.8 Å². The van der Waals surface area contributed by atoms with Crippen LogP contribution in [0.25, 0.3) is 10.9 Å². The van der Waals surface area contributed by atoms with Crippen LogP contribution in [0.4, 0.5) is 11.4 Å². The summed E-state index contributed by atoms with van der Waals surface area (Å²) in [6.07, 6.45) is 0. The summed E-state index contributed by atoms with van der Waals surface area (Å²) in [5, 5.41) is 15.5. The Morgan fingerprint density at radius 1 is 0.963 bits per heavy atom. The van der Waals surface area contributed by atoms with E-state index in [1.165, 1.54) is 6.92 Å². The van der Waals surface area contributed by atoms with Crippen LogP contribution in [-0.2, 0) is 9.59 Å². The van der Waals surface area contributed by atoms with Crippen molar-refractivity contribution in [3.8, 4) is 0 Å². The van der Waals surface area contributed by atoms with E-state index in [4.69, 9.17) is 0 Å². The Labute approximate surface area is 155 Å². The quantitative estimate of drug-likeness (QED) is 0.555. The number of para-hydroxylation sites is 1. The lowest BCUT2D eigenvalue weighted by Crippen LogP contribution is -2.41. The molecule has 3 aromatic rings. The number of fused-ring (bicyclic) bond motifs is 1. The molecule has 1 unspecified atom stereocenters. The zero-order chi connectivity index (χ0) is 19.4. The van der Waals surface area contributed by atoms with Crippen molar-refractivity contribution >= 4 is 40.0 Å². The van der Waals surface area contributed by atoms with Crippen molar-refractivity contribution < 1.29 is 14.4 Å². The molecule has 138 valence electrons. The third kappa shape index (κ3) is 4.30. The molecule has 1 atom stereocenters. The van der Waals surface area contributed by atoms with Crippen LogP contribution >= 0.6 is 0 Å². The summed E-state index contributed by atoms with van der Waals surface area (Å²) in [6.45, 7) is 3.01. The minimum atomic E-state index is -0.761. The lowest BCUT2D eigenvalue weighted by atomic mass is 10.2. The lowest BCUT2D eigenvalue weighted by molar-refractivity contribution is -0.117. The Morgan fingerprint density at radius 2 is 1.59 bits per heavy atom. The van der Waals surface area contributed by atoms with Gasteiger partial charge in [0.25, 0.3) is 5.91 Å². The topological polar surface area (TPSA) is 116 Å². The van der Waals surface area contributed by atoms with Crippen LogP contribution in [0.5, 0.6) is 0 Å². The number of aromatic nitrogens is 2. The molecule has 0 radical (unpaired) electrons. The first kappa shape index (κ1) is 18.1. The van der Waals surface area contributed by atoms with E-state index in [1.807, 2.05) is 18.2 Å². The molecule has 3 rings (SSSR count). The fourth-order valence-electron chi connectivity index (χ4n) is 2.56. The molecule has 4 N–H and O–H groups in total. The van der Waals surface area contributed by atoms with Crippen molar-refractivity contribution in [2.75, 3.05) is 10.6 Å². The maximum atomic E-state index is 12.4. The largest absolute Gasteiger partial charge is 0.339 e. The molecule has 0 fully saturated rings. The fourth-order valence-corrected chi connectivity index (χ4v) is 2.56. The highest BCUT2D eigenvalue weighted by molar-refractivity contribution is 6.07. The van der Waals surface area contributed by atoms with Gasteiger partial charge in [0, 0.05) is 23.7 Å². The number of carbonyl (C=O) groups is 3. The summed E-state index contributed by atoms with van der Waals surface area (Å²) in [5.74, 6) is -0.972. The minimum Gasteiger partial charge on any atom is -0.339 e. The molecule has 0 aliphatic rings. The molecule has 0 saturated heterocycles. The number of hydrogen-bond acceptors (Lipinski definition) is 4. The third-order valence-electron chi connectivity index (χ3n) is 3.90. The number of nitrogens with zero attached hydrogens (tertiary/aromatic N) is 1. The van der Waals surface area contributed by atoms with Crippen molar-refractivity contribution in [2.24, 2.45) is 0 Å². The first-order valence-electron chi connectivity index (χ1n) is 8.36. The van der Waals surface area contributed by atoms with Gasteiger partial charge in [-0.05, 0) is 37.3 Å². The molecule has 0 saturated carbocycles. The number of amides is 3. The average Bonchev–Trinajstić information content (AvgIpc) is 3.07. The predicted molar refractivity (Wildman–Crippen MR) is 102 cm³/mol. The van der Waals surface area contributed by atoms with E-state index in [-0.39, 0.29) is 17.5 Å². The number of anilines is 2. The van der Waals surface area contributed by atoms with Crippen LogP contribution < -0.4 is 16.0 Å². The van der Waals surface area contributed by atoms with Crippen LogP contribution in [0.3, 0.4) is 0 Å². The Bertz CT molecular complexity index is 994. The van der Waals surface area contributed by atoms with E-state index in [1.54, 1.807) is 37.3 Å². The second-order valence-electron chi connectivity index (χ2n) is 6.06. The van der Waals surface area contributed by atoms with Crippen molar-refractivity contribution in [3.63, 3.8) is 0 Å². The maximum absolute atomic E-state index is 12.4. The summed E-state index contributed by atoms with van der Waals surface area (Å²) < 4.78 is 0. The van der Waals surface area contributed by atoms with E-state index >= 15 is 0 Å². The van der Waals surface area contributed by atoms with Crippen LogP contribution in [0, 0.1) is 0 Å². The van der Waals surface area contributed by atoms with Crippen molar-refractivity contribution in [1.82, 2.24) is 15.5 Å². The maximum Gasteiger partial charge on any atom is 0.273 e. The zero-order valence-electron chi connectivity index (χ0n) is 14.9. The first-order valence-corrected chi connectivity index (χ1v) is 8.36. The number of rotatable bonds is 5. The molecule has 27 heavy (non-hydrogen) atoms. The van der Waals surface area contributed by atoms with Gasteiger partial charge in [-0.15, -0.1) is 0 Å². The molecule has 8 heteroatoms. The normalized spacial score (nSPS) is 11.6. The second kappa shape index (κ2) is 7.69. The van der Waals surface area contributed by atoms with Gasteiger partial charge in [0.05, 0.1) is 5.52 Å². The van der Waals surface area contributed by atoms with E-state index < -0.39 is 11.9 Å². The Hall–Kier alpha value is -3.68. The number of H-pyrrole nitrogens is 1. The number of carbonyl (C=O) groups excluding carboxylic acids is 3. The highest BCUT2D eigenvalue weighted by Gasteiger charge is 2.20. The van der Waals surface area contributed by atoms with Gasteiger partial charge in [-0.3, -0.25) is 19.5 Å². The number of hydrogen-bond donors (Lipinski definition) is 4. The third-order valence-corrected chi connectivity index (χ3v) is 3.90. The van der Waals surface area contributed by atoms with Crippen molar-refractivity contribution in [3.05, 3.63) is 54.2 Å². The van der Waals surface area contributed by atoms with Gasteiger partial charge < -0.3 is 16.0 Å². The van der Waals surface area contributed by atoms with E-state index in [9.17, 15) is 14.4 Å². The fraction of sp³-hybridized carbons (Fsp3) is 0.158. The van der Waals surface area contributed by atoms with Crippen LogP contribution in [0.2, 0.25) is 0 Å². The van der Waals surface area contributed by atoms with Crippen molar-refractivity contribution in [1.29, 1.82) is 0 Å². The van der Waals surface area contributed by atoms with Crippen LogP contribution in [-0.4, -0.2) is 34.0 Å². The van der Waals surface area contributed by atoms with Gasteiger partial charge >= 0.3 is 0 Å². The molecule has 3 amide bonds. The minimum absolute atomic E-state index is 0.172. The van der Waals surface area contributed by atoms with Gasteiger partial charge in [-0.1, -0.05) is 18.2 Å². The van der Waals surface area contributed by atoms with Gasteiger partial charge in [-0.25, -0.2) is 0 Å². The lowest BCUT2D eigenvalue weighted by Gasteiger charge is -2.14. The monoisotopic (exact) mass is 365 g/mol. The molecular formula is C19H19N5O3. The van der Waals surface area contributed by atoms with Gasteiger partial charge in [0.2, 0.25) is 11.8 Å². The van der Waals surface area contributed by atoms with Gasteiger partial charge in [-0.2, -0.15) is 5.10 Å². The molecule has 1 aromatic heterocycles. The summed E-state index contributed by atoms with van der Waals surface area (Å²) in [5.41, 5.74) is 2.18. The molecule has 1 heterocycles. The van der Waals surface area contributed by atoms with E-state index in [0.717, 1.165) is 5.52 Å². The second-order valence-corrected chi connectivity index (χ2v) is 6.06. The molecular weight excluding hydrogens is 346 g/mol. The highest BCUT2D eigenvalue weighted by Crippen LogP contribution is 2.16. The molecule has 2 aromatic carbocycles.